The van der Waals surface area contributed by atoms with Crippen LogP contribution in [-0.2, 0) is 0 Å². The molecule has 61 heavy (non-hydrogen) atoms. The summed E-state index contributed by atoms with van der Waals surface area (Å²) in [7, 11) is 0. The van der Waals surface area contributed by atoms with Crippen molar-refractivity contribution in [3.63, 3.8) is 0 Å². The highest BCUT2D eigenvalue weighted by Gasteiger charge is 2.26. The maximum Gasteiger partial charge on any atom is 0.0620 e. The Kier molecular flexibility index (Phi) is 9.70. The highest BCUT2D eigenvalue weighted by Crippen LogP contribution is 2.51. The van der Waals surface area contributed by atoms with E-state index in [1.807, 2.05) is 22.7 Å². The Hall–Kier alpha value is -7.24. The zero-order valence-electron chi connectivity index (χ0n) is 33.4. The number of hydrogen-bond donors (Lipinski definition) is 0. The van der Waals surface area contributed by atoms with Crippen molar-refractivity contribution in [1.82, 2.24) is 0 Å². The Morgan fingerprint density at radius 3 is 1.59 bits per heavy atom. The van der Waals surface area contributed by atoms with Gasteiger partial charge in [0.2, 0.25) is 0 Å². The van der Waals surface area contributed by atoms with E-state index < -0.39 is 0 Å². The van der Waals surface area contributed by atoms with E-state index in [4.69, 9.17) is 0 Å². The van der Waals surface area contributed by atoms with Gasteiger partial charge in [-0.05, 0) is 101 Å². The van der Waals surface area contributed by atoms with Gasteiger partial charge in [0.25, 0.3) is 0 Å². The quantitative estimate of drug-likeness (QED) is 0.106. The van der Waals surface area contributed by atoms with Gasteiger partial charge in [-0.1, -0.05) is 158 Å². The fourth-order valence-corrected chi connectivity index (χ4v) is 10.9. The van der Waals surface area contributed by atoms with Crippen LogP contribution in [0, 0.1) is 0 Å². The summed E-state index contributed by atoms with van der Waals surface area (Å²) in [6.07, 6.45) is 11.9. The van der Waals surface area contributed by atoms with Crippen LogP contribution in [-0.4, -0.2) is 0 Å². The molecule has 8 aromatic carbocycles. The molecule has 0 amide bonds. The molecule has 0 fully saturated rings. The third-order valence-electron chi connectivity index (χ3n) is 11.5. The van der Waals surface area contributed by atoms with Crippen LogP contribution < -0.4 is 9.80 Å². The van der Waals surface area contributed by atoms with Gasteiger partial charge in [0.1, 0.15) is 0 Å². The number of thiophene rings is 2. The summed E-state index contributed by atoms with van der Waals surface area (Å²) < 4.78 is 0. The van der Waals surface area contributed by atoms with E-state index >= 15 is 0 Å². The Bertz CT molecular complexity index is 3240. The number of anilines is 5. The van der Waals surface area contributed by atoms with Crippen molar-refractivity contribution >= 4 is 83.4 Å². The minimum atomic E-state index is 0.855. The second-order valence-electron chi connectivity index (χ2n) is 15.2. The van der Waals surface area contributed by atoms with Crippen LogP contribution in [0.1, 0.15) is 6.42 Å². The maximum atomic E-state index is 2.46. The van der Waals surface area contributed by atoms with E-state index in [0.29, 0.717) is 0 Å². The van der Waals surface area contributed by atoms with E-state index in [-0.39, 0.29) is 0 Å². The van der Waals surface area contributed by atoms with E-state index in [2.05, 4.69) is 240 Å². The molecule has 1 aliphatic rings. The van der Waals surface area contributed by atoms with Gasteiger partial charge in [-0.3, -0.25) is 0 Å². The zero-order chi connectivity index (χ0) is 40.5. The second-order valence-corrected chi connectivity index (χ2v) is 17.4. The first-order valence-electron chi connectivity index (χ1n) is 20.7. The van der Waals surface area contributed by atoms with Gasteiger partial charge in [0.15, 0.2) is 0 Å². The molecule has 0 bridgehead atoms. The summed E-state index contributed by atoms with van der Waals surface area (Å²) in [5.74, 6) is 0. The summed E-state index contributed by atoms with van der Waals surface area (Å²) in [6, 6.07) is 72.9. The van der Waals surface area contributed by atoms with E-state index in [1.54, 1.807) is 0 Å². The van der Waals surface area contributed by atoms with E-state index in [1.165, 1.54) is 63.0 Å². The van der Waals surface area contributed by atoms with Gasteiger partial charge in [-0.15, -0.1) is 22.7 Å². The molecule has 10 aromatic rings. The lowest BCUT2D eigenvalue weighted by Gasteiger charge is -2.33. The van der Waals surface area contributed by atoms with Crippen molar-refractivity contribution in [2.45, 2.75) is 6.42 Å². The summed E-state index contributed by atoms with van der Waals surface area (Å²) in [4.78, 5) is 9.99. The molecule has 4 heteroatoms. The minimum Gasteiger partial charge on any atom is -0.310 e. The van der Waals surface area contributed by atoms with Crippen LogP contribution in [0.2, 0.25) is 0 Å². The summed E-state index contributed by atoms with van der Waals surface area (Å²) in [5, 5.41) is 7.28. The molecule has 2 heterocycles. The molecule has 0 N–H and O–H groups in total. The topological polar surface area (TPSA) is 6.48 Å². The number of hydrogen-bond acceptors (Lipinski definition) is 4. The van der Waals surface area contributed by atoms with Gasteiger partial charge in [0.05, 0.1) is 11.4 Å². The smallest absolute Gasteiger partial charge is 0.0620 e. The molecular weight excluding hydrogens is 777 g/mol. The fourth-order valence-electron chi connectivity index (χ4n) is 8.73. The molecule has 0 aliphatic heterocycles. The molecule has 0 atom stereocenters. The first kappa shape index (κ1) is 36.8. The molecule has 290 valence electrons. The van der Waals surface area contributed by atoms with Gasteiger partial charge in [0, 0.05) is 63.8 Å². The number of para-hydroxylation sites is 3. The molecule has 0 spiro atoms. The Balaban J connectivity index is 1.14. The second kappa shape index (κ2) is 16.1. The first-order valence-corrected chi connectivity index (χ1v) is 22.4. The summed E-state index contributed by atoms with van der Waals surface area (Å²) in [6.45, 7) is 0. The van der Waals surface area contributed by atoms with Crippen molar-refractivity contribution in [2.75, 3.05) is 9.80 Å². The summed E-state index contributed by atoms with van der Waals surface area (Å²) >= 11 is 3.73. The Morgan fingerprint density at radius 2 is 0.902 bits per heavy atom. The molecule has 1 aliphatic carbocycles. The largest absolute Gasteiger partial charge is 0.310 e. The number of rotatable bonds is 9. The van der Waals surface area contributed by atoms with E-state index in [0.717, 1.165) is 40.6 Å². The standard InChI is InChI=1S/C57H40N2S2/c1-2-7-22-42(21-6-1)58(43-23-8-3-9-24-43)56-48-30-16-17-31-49(48)57(59(44-25-10-4-11-26-44)45-27-12-5-13-28-45)51-39-41(33-34-50(51)56)52-35-37-54(60-52)55-38-36-53(61-55)47-32-18-20-40-19-14-15-29-46(40)47/h1-6,8-39H,7H2. The van der Waals surface area contributed by atoms with Crippen LogP contribution in [0.4, 0.5) is 28.4 Å². The predicted molar refractivity (Wildman–Crippen MR) is 265 cm³/mol. The highest BCUT2D eigenvalue weighted by molar-refractivity contribution is 7.25. The molecule has 11 rings (SSSR count). The molecule has 0 saturated carbocycles. The Labute approximate surface area is 364 Å². The van der Waals surface area contributed by atoms with Crippen LogP contribution in [0.5, 0.6) is 0 Å². The molecule has 0 unspecified atom stereocenters. The normalized spacial score (nSPS) is 12.5. The predicted octanol–water partition coefficient (Wildman–Crippen LogP) is 17.3. The van der Waals surface area contributed by atoms with Gasteiger partial charge in [-0.2, -0.15) is 0 Å². The van der Waals surface area contributed by atoms with E-state index in [9.17, 15) is 0 Å². The van der Waals surface area contributed by atoms with Crippen molar-refractivity contribution < 1.29 is 0 Å². The third-order valence-corrected chi connectivity index (χ3v) is 13.9. The molecule has 0 saturated heterocycles. The maximum absolute atomic E-state index is 2.46. The molecular formula is C57H40N2S2. The zero-order valence-corrected chi connectivity index (χ0v) is 35.0. The van der Waals surface area contributed by atoms with Gasteiger partial charge >= 0.3 is 0 Å². The number of allylic oxidation sites excluding steroid dienone is 5. The van der Waals surface area contributed by atoms with Crippen molar-refractivity contribution in [3.8, 4) is 30.6 Å². The lowest BCUT2D eigenvalue weighted by Crippen LogP contribution is -2.17. The lowest BCUT2D eigenvalue weighted by molar-refractivity contribution is 1.20. The fraction of sp³-hybridized carbons (Fsp3) is 0.0175. The average Bonchev–Trinajstić information content (AvgIpc) is 3.95. The van der Waals surface area contributed by atoms with Crippen molar-refractivity contribution in [1.29, 1.82) is 0 Å². The third kappa shape index (κ3) is 6.86. The lowest BCUT2D eigenvalue weighted by atomic mass is 9.93. The van der Waals surface area contributed by atoms with Crippen molar-refractivity contribution in [3.05, 3.63) is 236 Å². The summed E-state index contributed by atoms with van der Waals surface area (Å²) in [5.41, 5.74) is 9.28. The molecule has 0 radical (unpaired) electrons. The Morgan fingerprint density at radius 1 is 0.377 bits per heavy atom. The van der Waals surface area contributed by atoms with Crippen LogP contribution in [0.25, 0.3) is 63.0 Å². The van der Waals surface area contributed by atoms with Gasteiger partial charge in [-0.25, -0.2) is 0 Å². The van der Waals surface area contributed by atoms with Crippen LogP contribution >= 0.6 is 22.7 Å². The average molecular weight is 817 g/mol. The molecule has 2 nitrogen and oxygen atoms in total. The molecule has 2 aromatic heterocycles. The van der Waals surface area contributed by atoms with Gasteiger partial charge < -0.3 is 9.80 Å². The number of nitrogens with zero attached hydrogens (tertiary/aromatic N) is 2. The SMILES string of the molecule is C1=CCC=C(N(c2ccccc2)c2c3ccccc3c(N(c3ccccc3)c3ccccc3)c3cc(-c4ccc(-c5ccc(-c6cccc7ccccc67)s5)s4)ccc23)C=C1. The number of benzene rings is 8. The highest BCUT2D eigenvalue weighted by atomic mass is 32.1. The monoisotopic (exact) mass is 816 g/mol. The first-order chi connectivity index (χ1) is 30.3. The minimum absolute atomic E-state index is 0.855. The van der Waals surface area contributed by atoms with Crippen molar-refractivity contribution in [2.24, 2.45) is 0 Å². The number of fused-ring (bicyclic) bond motifs is 3. The van der Waals surface area contributed by atoms with Crippen LogP contribution in [0.15, 0.2) is 236 Å². The van der Waals surface area contributed by atoms with Crippen LogP contribution in [0.3, 0.4) is 0 Å².